The summed E-state index contributed by atoms with van der Waals surface area (Å²) in [5, 5.41) is 12.1. The molecule has 35 heavy (non-hydrogen) atoms. The largest absolute Gasteiger partial charge is 0.467 e. The average Bonchev–Trinajstić information content (AvgIpc) is 2.87. The molecule has 2 N–H and O–H groups in total. The number of ether oxygens (including phenoxy) is 2. The van der Waals surface area contributed by atoms with Crippen molar-refractivity contribution in [2.24, 2.45) is 0 Å². The minimum absolute atomic E-state index is 0.250. The lowest BCUT2D eigenvalue weighted by Gasteiger charge is -2.26. The quantitative estimate of drug-likeness (QED) is 0.468. The highest BCUT2D eigenvalue weighted by molar-refractivity contribution is 5.97. The second-order valence-corrected chi connectivity index (χ2v) is 8.16. The molecule has 0 spiro atoms. The lowest BCUT2D eigenvalue weighted by Crippen LogP contribution is -2.48. The fourth-order valence-electron chi connectivity index (χ4n) is 3.48. The molecule has 0 saturated carbocycles. The first-order valence-corrected chi connectivity index (χ1v) is 11.3. The summed E-state index contributed by atoms with van der Waals surface area (Å²) >= 11 is 0. The van der Waals surface area contributed by atoms with E-state index in [1.807, 2.05) is 24.3 Å². The zero-order valence-corrected chi connectivity index (χ0v) is 19.8. The third-order valence-electron chi connectivity index (χ3n) is 5.48. The Kier molecular flexibility index (Phi) is 9.56. The van der Waals surface area contributed by atoms with Crippen LogP contribution in [0, 0.1) is 11.8 Å². The summed E-state index contributed by atoms with van der Waals surface area (Å²) in [5.74, 6) is 3.39. The molecule has 1 aliphatic rings. The summed E-state index contributed by atoms with van der Waals surface area (Å²) < 4.78 is 24.3. The molecule has 2 atom stereocenters. The van der Waals surface area contributed by atoms with Crippen molar-refractivity contribution in [3.63, 3.8) is 0 Å². The minimum Gasteiger partial charge on any atom is -0.467 e. The Labute approximate surface area is 204 Å². The summed E-state index contributed by atoms with van der Waals surface area (Å²) in [7, 11) is 1.17. The molecule has 2 aromatic rings. The van der Waals surface area contributed by atoms with Gasteiger partial charge in [-0.15, -0.1) is 0 Å². The van der Waals surface area contributed by atoms with Crippen LogP contribution in [-0.2, 0) is 20.8 Å². The van der Waals surface area contributed by atoms with Gasteiger partial charge in [0.1, 0.15) is 0 Å². The van der Waals surface area contributed by atoms with Crippen LogP contribution in [-0.4, -0.2) is 67.4 Å². The molecule has 8 heteroatoms. The molecule has 3 rings (SSSR count). The van der Waals surface area contributed by atoms with Gasteiger partial charge in [0.15, 0.2) is 11.9 Å². The van der Waals surface area contributed by atoms with Crippen LogP contribution in [0.4, 0.5) is 4.39 Å². The third-order valence-corrected chi connectivity index (χ3v) is 5.48. The summed E-state index contributed by atoms with van der Waals surface area (Å²) in [5.41, 5.74) is 2.66. The van der Waals surface area contributed by atoms with Crippen LogP contribution in [0.5, 0.6) is 0 Å². The van der Waals surface area contributed by atoms with E-state index in [9.17, 15) is 19.1 Å². The molecule has 0 aromatic heterocycles. The predicted molar refractivity (Wildman–Crippen MR) is 130 cm³/mol. The van der Waals surface area contributed by atoms with Gasteiger partial charge in [0, 0.05) is 30.8 Å². The molecule has 1 fully saturated rings. The van der Waals surface area contributed by atoms with Gasteiger partial charge < -0.3 is 19.9 Å². The molecule has 0 radical (unpaired) electrons. The van der Waals surface area contributed by atoms with E-state index in [4.69, 9.17) is 4.74 Å². The highest BCUT2D eigenvalue weighted by atomic mass is 19.1. The first kappa shape index (κ1) is 26.1. The third kappa shape index (κ3) is 8.04. The number of esters is 1. The van der Waals surface area contributed by atoms with Gasteiger partial charge in [-0.25, -0.2) is 4.79 Å². The van der Waals surface area contributed by atoms with Gasteiger partial charge in [0.2, 0.25) is 0 Å². The number of allylic oxidation sites excluding steroid dienone is 1. The molecule has 184 valence electrons. The molecule has 1 saturated heterocycles. The highest BCUT2D eigenvalue weighted by Crippen LogP contribution is 2.12. The van der Waals surface area contributed by atoms with Gasteiger partial charge in [0.05, 0.1) is 26.4 Å². The van der Waals surface area contributed by atoms with Gasteiger partial charge in [-0.1, -0.05) is 30.2 Å². The molecule has 2 aromatic carbocycles. The number of benzene rings is 2. The van der Waals surface area contributed by atoms with Crippen LogP contribution in [0.25, 0.3) is 6.08 Å². The van der Waals surface area contributed by atoms with E-state index in [2.05, 4.69) is 26.8 Å². The van der Waals surface area contributed by atoms with Crippen LogP contribution in [0.1, 0.15) is 34.0 Å². The number of nitrogens with one attached hydrogen (secondary N) is 1. The smallest absolute Gasteiger partial charge is 0.331 e. The van der Waals surface area contributed by atoms with Crippen molar-refractivity contribution in [1.82, 2.24) is 10.2 Å². The number of nitrogens with zero attached hydrogens (tertiary/aromatic N) is 1. The summed E-state index contributed by atoms with van der Waals surface area (Å²) in [6, 6.07) is 12.7. The number of rotatable bonds is 7. The van der Waals surface area contributed by atoms with Crippen molar-refractivity contribution in [3.05, 3.63) is 76.6 Å². The lowest BCUT2D eigenvalue weighted by molar-refractivity contribution is -0.145. The van der Waals surface area contributed by atoms with Gasteiger partial charge in [-0.3, -0.25) is 9.69 Å². The van der Waals surface area contributed by atoms with Crippen molar-refractivity contribution >= 4 is 18.0 Å². The molecule has 1 aliphatic heterocycles. The SMILES string of the molecule is COC(=O)C(NC(=O)c1ccc(/C=C(\F)C#Cc2ccc(CN3CCOCC3)cc2)cc1)C(C)O. The Morgan fingerprint density at radius 3 is 2.43 bits per heavy atom. The van der Waals surface area contributed by atoms with E-state index in [0.29, 0.717) is 11.1 Å². The predicted octanol–water partition coefficient (Wildman–Crippen LogP) is 2.53. The normalized spacial score (nSPS) is 15.9. The molecular formula is C27H29FN2O5. The Balaban J connectivity index is 1.58. The number of methoxy groups -OCH3 is 1. The highest BCUT2D eigenvalue weighted by Gasteiger charge is 2.26. The number of amides is 1. The summed E-state index contributed by atoms with van der Waals surface area (Å²) in [6.07, 6.45) is 0.149. The van der Waals surface area contributed by atoms with E-state index >= 15 is 0 Å². The maximum Gasteiger partial charge on any atom is 0.331 e. The number of carbonyl (C=O) groups excluding carboxylic acids is 2. The minimum atomic E-state index is -1.19. The fourth-order valence-corrected chi connectivity index (χ4v) is 3.48. The van der Waals surface area contributed by atoms with Crippen molar-refractivity contribution < 1.29 is 28.6 Å². The number of halogens is 1. The monoisotopic (exact) mass is 480 g/mol. The lowest BCUT2D eigenvalue weighted by atomic mass is 10.1. The maximum atomic E-state index is 14.3. The van der Waals surface area contributed by atoms with Crippen molar-refractivity contribution in [1.29, 1.82) is 0 Å². The van der Waals surface area contributed by atoms with Gasteiger partial charge in [0.25, 0.3) is 5.91 Å². The van der Waals surface area contributed by atoms with Crippen molar-refractivity contribution in [3.8, 4) is 11.8 Å². The first-order valence-electron chi connectivity index (χ1n) is 11.3. The van der Waals surface area contributed by atoms with Gasteiger partial charge >= 0.3 is 5.97 Å². The molecule has 7 nitrogen and oxygen atoms in total. The Morgan fingerprint density at radius 1 is 1.17 bits per heavy atom. The second kappa shape index (κ2) is 12.8. The maximum absolute atomic E-state index is 14.3. The van der Waals surface area contributed by atoms with E-state index in [0.717, 1.165) is 32.8 Å². The van der Waals surface area contributed by atoms with Gasteiger partial charge in [-0.2, -0.15) is 4.39 Å². The second-order valence-electron chi connectivity index (χ2n) is 8.16. The molecular weight excluding hydrogens is 451 g/mol. The first-order chi connectivity index (χ1) is 16.9. The number of hydrogen-bond acceptors (Lipinski definition) is 6. The van der Waals surface area contributed by atoms with Crippen LogP contribution in [0.3, 0.4) is 0 Å². The number of carbonyl (C=O) groups is 2. The molecule has 2 unspecified atom stereocenters. The zero-order valence-electron chi connectivity index (χ0n) is 19.8. The summed E-state index contributed by atoms with van der Waals surface area (Å²) in [6.45, 7) is 5.56. The van der Waals surface area contributed by atoms with Crippen LogP contribution in [0.15, 0.2) is 54.4 Å². The number of aliphatic hydroxyl groups excluding tert-OH is 1. The van der Waals surface area contributed by atoms with Crippen LogP contribution < -0.4 is 5.32 Å². The molecule has 1 heterocycles. The molecule has 1 amide bonds. The van der Waals surface area contributed by atoms with Crippen molar-refractivity contribution in [2.45, 2.75) is 25.6 Å². The fraction of sp³-hybridized carbons (Fsp3) is 0.333. The van der Waals surface area contributed by atoms with E-state index in [1.165, 1.54) is 37.8 Å². The Morgan fingerprint density at radius 2 is 1.83 bits per heavy atom. The average molecular weight is 481 g/mol. The van der Waals surface area contributed by atoms with E-state index in [1.54, 1.807) is 12.1 Å². The standard InChI is InChI=1S/C27H29FN2O5/c1-19(31)25(27(33)34-2)29-26(32)23-10-7-21(8-11-23)17-24(28)12-9-20-3-5-22(6-4-20)18-30-13-15-35-16-14-30/h3-8,10-11,17,19,25,31H,13-16,18H2,1-2H3,(H,29,32)/b24-17-. The number of morpholine rings is 1. The summed E-state index contributed by atoms with van der Waals surface area (Å²) in [4.78, 5) is 26.4. The van der Waals surface area contributed by atoms with E-state index < -0.39 is 29.8 Å². The molecule has 0 bridgehead atoms. The van der Waals surface area contributed by atoms with Gasteiger partial charge in [-0.05, 0) is 54.3 Å². The number of hydrogen-bond donors (Lipinski definition) is 2. The zero-order chi connectivity index (χ0) is 25.2. The Hall–Kier alpha value is -3.51. The van der Waals surface area contributed by atoms with Crippen LogP contribution in [0.2, 0.25) is 0 Å². The van der Waals surface area contributed by atoms with Crippen LogP contribution >= 0.6 is 0 Å². The topological polar surface area (TPSA) is 88.1 Å². The Bertz CT molecular complexity index is 1100. The van der Waals surface area contributed by atoms with Crippen molar-refractivity contribution in [2.75, 3.05) is 33.4 Å². The molecule has 0 aliphatic carbocycles. The number of aliphatic hydroxyl groups is 1. The van der Waals surface area contributed by atoms with E-state index in [-0.39, 0.29) is 5.56 Å².